The largest absolute Gasteiger partial charge is 0.501 e. The summed E-state index contributed by atoms with van der Waals surface area (Å²) >= 11 is 0. The summed E-state index contributed by atoms with van der Waals surface area (Å²) in [5.74, 6) is 0. The maximum absolute atomic E-state index is 10.8. The SMILES string of the molecule is CC(C)N1CCCC(O)(C2=COCCC2)CC1. The van der Waals surface area contributed by atoms with Gasteiger partial charge in [0.15, 0.2) is 0 Å². The molecule has 0 radical (unpaired) electrons. The molecule has 3 nitrogen and oxygen atoms in total. The summed E-state index contributed by atoms with van der Waals surface area (Å²) in [7, 11) is 0. The molecule has 2 heterocycles. The van der Waals surface area contributed by atoms with Crippen molar-refractivity contribution in [3.05, 3.63) is 11.8 Å². The highest BCUT2D eigenvalue weighted by molar-refractivity contribution is 5.16. The van der Waals surface area contributed by atoms with Crippen molar-refractivity contribution in [3.8, 4) is 0 Å². The molecule has 0 bridgehead atoms. The van der Waals surface area contributed by atoms with Crippen LogP contribution in [-0.4, -0.2) is 41.3 Å². The van der Waals surface area contributed by atoms with E-state index in [4.69, 9.17) is 4.74 Å². The Balaban J connectivity index is 2.03. The molecule has 98 valence electrons. The van der Waals surface area contributed by atoms with Gasteiger partial charge in [-0.25, -0.2) is 0 Å². The molecule has 1 N–H and O–H groups in total. The Hall–Kier alpha value is -0.540. The molecule has 0 aromatic heterocycles. The second-order valence-electron chi connectivity index (χ2n) is 5.63. The van der Waals surface area contributed by atoms with Gasteiger partial charge in [0.25, 0.3) is 0 Å². The zero-order valence-electron chi connectivity index (χ0n) is 11.1. The van der Waals surface area contributed by atoms with Crippen molar-refractivity contribution in [2.24, 2.45) is 0 Å². The lowest BCUT2D eigenvalue weighted by Crippen LogP contribution is -2.36. The number of hydrogen-bond acceptors (Lipinski definition) is 3. The fourth-order valence-electron chi connectivity index (χ4n) is 2.88. The first kappa shape index (κ1) is 12.9. The lowest BCUT2D eigenvalue weighted by molar-refractivity contribution is 0.0470. The zero-order chi connectivity index (χ0) is 12.3. The Kier molecular flexibility index (Phi) is 4.10. The third-order valence-corrected chi connectivity index (χ3v) is 4.11. The topological polar surface area (TPSA) is 32.7 Å². The van der Waals surface area contributed by atoms with Crippen molar-refractivity contribution in [2.75, 3.05) is 19.7 Å². The lowest BCUT2D eigenvalue weighted by Gasteiger charge is -2.32. The second kappa shape index (κ2) is 5.40. The highest BCUT2D eigenvalue weighted by Gasteiger charge is 2.35. The van der Waals surface area contributed by atoms with Crippen molar-refractivity contribution in [1.29, 1.82) is 0 Å². The number of likely N-dealkylation sites (tertiary alicyclic amines) is 1. The predicted molar refractivity (Wildman–Crippen MR) is 68.8 cm³/mol. The van der Waals surface area contributed by atoms with E-state index in [1.807, 2.05) is 6.26 Å². The molecule has 1 fully saturated rings. The predicted octanol–water partition coefficient (Wildman–Crippen LogP) is 2.31. The molecule has 2 aliphatic heterocycles. The quantitative estimate of drug-likeness (QED) is 0.802. The van der Waals surface area contributed by atoms with Crippen molar-refractivity contribution >= 4 is 0 Å². The van der Waals surface area contributed by atoms with E-state index in [2.05, 4.69) is 18.7 Å². The van der Waals surface area contributed by atoms with Crippen LogP contribution in [0.15, 0.2) is 11.8 Å². The maximum Gasteiger partial charge on any atom is 0.0901 e. The average molecular weight is 239 g/mol. The minimum atomic E-state index is -0.607. The van der Waals surface area contributed by atoms with Crippen LogP contribution >= 0.6 is 0 Å². The van der Waals surface area contributed by atoms with Gasteiger partial charge >= 0.3 is 0 Å². The first-order valence-electron chi connectivity index (χ1n) is 6.89. The van der Waals surface area contributed by atoms with Crippen LogP contribution < -0.4 is 0 Å². The van der Waals surface area contributed by atoms with Gasteiger partial charge < -0.3 is 14.7 Å². The fourth-order valence-corrected chi connectivity index (χ4v) is 2.88. The smallest absolute Gasteiger partial charge is 0.0901 e. The van der Waals surface area contributed by atoms with Crippen molar-refractivity contribution in [1.82, 2.24) is 4.90 Å². The molecule has 3 heteroatoms. The Morgan fingerprint density at radius 1 is 1.29 bits per heavy atom. The molecule has 2 rings (SSSR count). The number of hydrogen-bond donors (Lipinski definition) is 1. The lowest BCUT2D eigenvalue weighted by atomic mass is 9.84. The van der Waals surface area contributed by atoms with E-state index in [0.717, 1.165) is 57.4 Å². The van der Waals surface area contributed by atoms with Crippen LogP contribution in [0.5, 0.6) is 0 Å². The van der Waals surface area contributed by atoms with Crippen LogP contribution in [0.1, 0.15) is 46.0 Å². The van der Waals surface area contributed by atoms with Gasteiger partial charge in [-0.15, -0.1) is 0 Å². The normalized spacial score (nSPS) is 31.9. The molecule has 1 saturated heterocycles. The summed E-state index contributed by atoms with van der Waals surface area (Å²) < 4.78 is 5.38. The molecule has 0 aromatic rings. The first-order chi connectivity index (χ1) is 8.12. The van der Waals surface area contributed by atoms with Gasteiger partial charge in [0, 0.05) is 12.6 Å². The maximum atomic E-state index is 10.8. The number of rotatable bonds is 2. The third-order valence-electron chi connectivity index (χ3n) is 4.11. The van der Waals surface area contributed by atoms with Crippen molar-refractivity contribution < 1.29 is 9.84 Å². The monoisotopic (exact) mass is 239 g/mol. The van der Waals surface area contributed by atoms with Crippen LogP contribution in [0.4, 0.5) is 0 Å². The van der Waals surface area contributed by atoms with E-state index in [1.54, 1.807) is 0 Å². The molecular weight excluding hydrogens is 214 g/mol. The summed E-state index contributed by atoms with van der Waals surface area (Å²) in [6.07, 6.45) is 6.66. The summed E-state index contributed by atoms with van der Waals surface area (Å²) in [5, 5.41) is 10.8. The molecule has 1 atom stereocenters. The van der Waals surface area contributed by atoms with Gasteiger partial charge in [0.05, 0.1) is 18.5 Å². The molecule has 1 unspecified atom stereocenters. The molecule has 0 aromatic carbocycles. The van der Waals surface area contributed by atoms with Crippen molar-refractivity contribution in [3.63, 3.8) is 0 Å². The molecule has 0 amide bonds. The number of aliphatic hydroxyl groups is 1. The minimum absolute atomic E-state index is 0.578. The van der Waals surface area contributed by atoms with E-state index >= 15 is 0 Å². The van der Waals surface area contributed by atoms with Crippen LogP contribution in [0.2, 0.25) is 0 Å². The summed E-state index contributed by atoms with van der Waals surface area (Å²) in [6.45, 7) is 7.36. The van der Waals surface area contributed by atoms with Gasteiger partial charge in [-0.1, -0.05) is 0 Å². The van der Waals surface area contributed by atoms with Gasteiger partial charge in [0.1, 0.15) is 0 Å². The minimum Gasteiger partial charge on any atom is -0.501 e. The molecule has 0 aliphatic carbocycles. The van der Waals surface area contributed by atoms with E-state index in [1.165, 1.54) is 0 Å². The Labute approximate surface area is 104 Å². The van der Waals surface area contributed by atoms with Crippen molar-refractivity contribution in [2.45, 2.75) is 57.6 Å². The first-order valence-corrected chi connectivity index (χ1v) is 6.89. The fraction of sp³-hybridized carbons (Fsp3) is 0.857. The highest BCUT2D eigenvalue weighted by atomic mass is 16.5. The standard InChI is InChI=1S/C14H25NO2/c1-12(2)15-8-4-6-14(16,7-9-15)13-5-3-10-17-11-13/h11-12,16H,3-10H2,1-2H3. The highest BCUT2D eigenvalue weighted by Crippen LogP contribution is 2.34. The van der Waals surface area contributed by atoms with E-state index in [-0.39, 0.29) is 0 Å². The zero-order valence-corrected chi connectivity index (χ0v) is 11.1. The summed E-state index contributed by atoms with van der Waals surface area (Å²) in [5.41, 5.74) is 0.513. The summed E-state index contributed by atoms with van der Waals surface area (Å²) in [4.78, 5) is 2.46. The number of nitrogens with zero attached hydrogens (tertiary/aromatic N) is 1. The van der Waals surface area contributed by atoms with Gasteiger partial charge in [-0.3, -0.25) is 0 Å². The van der Waals surface area contributed by atoms with Gasteiger partial charge in [-0.05, 0) is 58.1 Å². The van der Waals surface area contributed by atoms with Crippen LogP contribution in [0.25, 0.3) is 0 Å². The Bertz CT molecular complexity index is 288. The average Bonchev–Trinajstić information content (AvgIpc) is 2.54. The molecule has 0 saturated carbocycles. The van der Waals surface area contributed by atoms with Crippen LogP contribution in [0, 0.1) is 0 Å². The Morgan fingerprint density at radius 2 is 2.12 bits per heavy atom. The van der Waals surface area contributed by atoms with Crippen LogP contribution in [0.3, 0.4) is 0 Å². The molecule has 17 heavy (non-hydrogen) atoms. The van der Waals surface area contributed by atoms with Gasteiger partial charge in [-0.2, -0.15) is 0 Å². The van der Waals surface area contributed by atoms with Crippen LogP contribution in [-0.2, 0) is 4.74 Å². The summed E-state index contributed by atoms with van der Waals surface area (Å²) in [6, 6.07) is 0.578. The number of ether oxygens (including phenoxy) is 1. The van der Waals surface area contributed by atoms with E-state index < -0.39 is 5.60 Å². The molecule has 0 spiro atoms. The molecular formula is C14H25NO2. The van der Waals surface area contributed by atoms with E-state index in [0.29, 0.717) is 6.04 Å². The third kappa shape index (κ3) is 3.02. The molecule has 2 aliphatic rings. The van der Waals surface area contributed by atoms with E-state index in [9.17, 15) is 5.11 Å². The van der Waals surface area contributed by atoms with Gasteiger partial charge in [0.2, 0.25) is 0 Å². The second-order valence-corrected chi connectivity index (χ2v) is 5.63. The Morgan fingerprint density at radius 3 is 2.76 bits per heavy atom.